The lowest BCUT2D eigenvalue weighted by molar-refractivity contribution is 0.683. The van der Waals surface area contributed by atoms with Gasteiger partial charge in [0.25, 0.3) is 0 Å². The molecule has 0 bridgehead atoms. The van der Waals surface area contributed by atoms with E-state index in [-0.39, 0.29) is 0 Å². The minimum absolute atomic E-state index is 0.834. The van der Waals surface area contributed by atoms with E-state index in [1.807, 2.05) is 72.8 Å². The van der Waals surface area contributed by atoms with Crippen molar-refractivity contribution in [3.63, 3.8) is 0 Å². The lowest BCUT2D eigenvalue weighted by Gasteiger charge is -2.05. The summed E-state index contributed by atoms with van der Waals surface area (Å²) >= 11 is 0. The highest BCUT2D eigenvalue weighted by Gasteiger charge is 2.07. The van der Waals surface area contributed by atoms with Crippen molar-refractivity contribution < 1.29 is 4.21 Å². The van der Waals surface area contributed by atoms with Crippen molar-refractivity contribution in [2.24, 2.45) is 0 Å². The number of rotatable bonds is 8. The molecule has 2 aromatic carbocycles. The molecule has 0 saturated carbocycles. The number of benzene rings is 2. The highest BCUT2D eigenvalue weighted by atomic mass is 32.2. The van der Waals surface area contributed by atoms with Gasteiger partial charge in [-0.05, 0) is 85.4 Å². The van der Waals surface area contributed by atoms with Gasteiger partial charge in [-0.2, -0.15) is 0 Å². The Morgan fingerprint density at radius 3 is 1.42 bits per heavy atom. The van der Waals surface area contributed by atoms with E-state index >= 15 is 0 Å². The van der Waals surface area contributed by atoms with Gasteiger partial charge in [0.2, 0.25) is 0 Å². The van der Waals surface area contributed by atoms with Crippen LogP contribution in [0.25, 0.3) is 0 Å². The summed E-state index contributed by atoms with van der Waals surface area (Å²) in [4.78, 5) is 1.67. The van der Waals surface area contributed by atoms with E-state index in [1.54, 1.807) is 0 Å². The van der Waals surface area contributed by atoms with E-state index in [2.05, 4.69) is 25.3 Å². The lowest BCUT2D eigenvalue weighted by atomic mass is 10.1. The summed E-state index contributed by atoms with van der Waals surface area (Å²) in [5.41, 5.74) is 8.71. The van der Waals surface area contributed by atoms with Gasteiger partial charge in [0.1, 0.15) is 0 Å². The minimum atomic E-state index is -1.14. The second-order valence-corrected chi connectivity index (χ2v) is 7.41. The van der Waals surface area contributed by atoms with Gasteiger partial charge in [-0.15, -0.1) is 11.5 Å². The molecule has 0 N–H and O–H groups in total. The molecule has 1 nitrogen and oxygen atoms in total. The van der Waals surface area contributed by atoms with Gasteiger partial charge in [0.15, 0.2) is 0 Å². The molecular formula is C24H26OS. The minimum Gasteiger partial charge on any atom is -0.249 e. The molecule has 0 atom stereocenters. The molecule has 0 aliphatic rings. The number of allylic oxidation sites excluding steroid dienone is 2. The van der Waals surface area contributed by atoms with E-state index in [4.69, 9.17) is 0 Å². The zero-order valence-corrected chi connectivity index (χ0v) is 16.4. The Kier molecular flexibility index (Phi) is 8.66. The van der Waals surface area contributed by atoms with Crippen LogP contribution in [-0.4, -0.2) is 4.21 Å². The molecule has 26 heavy (non-hydrogen) atoms. The molecule has 0 fully saturated rings. The first-order valence-corrected chi connectivity index (χ1v) is 10.3. The second kappa shape index (κ2) is 11.3. The maximum Gasteiger partial charge on any atom is 0.0849 e. The third-order valence-corrected chi connectivity index (χ3v) is 5.23. The van der Waals surface area contributed by atoms with E-state index in [9.17, 15) is 4.21 Å². The fourth-order valence-electron chi connectivity index (χ4n) is 2.39. The summed E-state index contributed by atoms with van der Waals surface area (Å²) in [6.07, 6.45) is 11.8. The van der Waals surface area contributed by atoms with Crippen LogP contribution in [0.15, 0.2) is 94.1 Å². The number of hydrogen-bond donors (Lipinski definition) is 0. The Labute approximate surface area is 159 Å². The molecule has 0 amide bonds. The third-order valence-electron chi connectivity index (χ3n) is 3.83. The van der Waals surface area contributed by atoms with Crippen LogP contribution >= 0.6 is 0 Å². The molecule has 0 saturated heterocycles. The molecule has 134 valence electrons. The van der Waals surface area contributed by atoms with Crippen LogP contribution in [-0.2, 0) is 23.6 Å². The van der Waals surface area contributed by atoms with Gasteiger partial charge < -0.3 is 0 Å². The summed E-state index contributed by atoms with van der Waals surface area (Å²) in [6, 6.07) is 16.0. The molecule has 0 spiro atoms. The lowest BCUT2D eigenvalue weighted by Crippen LogP contribution is -1.94. The molecule has 0 heterocycles. The van der Waals surface area contributed by atoms with Crippen LogP contribution in [0.2, 0.25) is 0 Å². The van der Waals surface area contributed by atoms with Gasteiger partial charge in [0, 0.05) is 9.79 Å². The Balaban J connectivity index is 2.02. The van der Waals surface area contributed by atoms with E-state index < -0.39 is 10.8 Å². The molecule has 2 rings (SSSR count). The topological polar surface area (TPSA) is 17.1 Å². The van der Waals surface area contributed by atoms with Crippen molar-refractivity contribution in [1.29, 1.82) is 0 Å². The molecule has 2 aromatic rings. The number of hydrogen-bond acceptors (Lipinski definition) is 1. The van der Waals surface area contributed by atoms with Gasteiger partial charge in [-0.1, -0.05) is 38.1 Å². The van der Waals surface area contributed by atoms with Crippen molar-refractivity contribution in [2.75, 3.05) is 0 Å². The average Bonchev–Trinajstić information content (AvgIpc) is 2.69. The quantitative estimate of drug-likeness (QED) is 0.512. The maximum absolute atomic E-state index is 12.7. The zero-order valence-electron chi connectivity index (χ0n) is 15.6. The van der Waals surface area contributed by atoms with Crippen LogP contribution in [0, 0.1) is 0 Å². The molecule has 0 aliphatic carbocycles. The Morgan fingerprint density at radius 1 is 0.692 bits per heavy atom. The summed E-state index contributed by atoms with van der Waals surface area (Å²) in [6.45, 7) is 4.19. The fourth-order valence-corrected chi connectivity index (χ4v) is 3.43. The van der Waals surface area contributed by atoms with Crippen LogP contribution < -0.4 is 0 Å². The van der Waals surface area contributed by atoms with Crippen molar-refractivity contribution in [3.05, 3.63) is 95.4 Å². The zero-order chi connectivity index (χ0) is 18.6. The van der Waals surface area contributed by atoms with E-state index in [1.165, 1.54) is 11.1 Å². The second-order valence-electron chi connectivity index (χ2n) is 5.93. The molecule has 0 aliphatic heterocycles. The first-order chi connectivity index (χ1) is 12.7. The maximum atomic E-state index is 12.7. The van der Waals surface area contributed by atoms with Crippen LogP contribution in [0.1, 0.15) is 37.8 Å². The highest BCUT2D eigenvalue weighted by molar-refractivity contribution is 7.85. The summed E-state index contributed by atoms with van der Waals surface area (Å²) < 4.78 is 12.7. The van der Waals surface area contributed by atoms with Gasteiger partial charge >= 0.3 is 0 Å². The molecule has 0 aromatic heterocycles. The van der Waals surface area contributed by atoms with Crippen molar-refractivity contribution in [2.45, 2.75) is 49.3 Å². The predicted molar refractivity (Wildman–Crippen MR) is 111 cm³/mol. The Bertz CT molecular complexity index is 757. The predicted octanol–water partition coefficient (Wildman–Crippen LogP) is 6.18. The molecule has 2 heteroatoms. The van der Waals surface area contributed by atoms with E-state index in [0.717, 1.165) is 35.5 Å². The summed E-state index contributed by atoms with van der Waals surface area (Å²) in [5.74, 6) is 0. The smallest absolute Gasteiger partial charge is 0.0849 e. The van der Waals surface area contributed by atoms with Gasteiger partial charge in [0.05, 0.1) is 10.8 Å². The Hall–Kier alpha value is -2.37. The normalized spacial score (nSPS) is 11.0. The molecular weight excluding hydrogens is 336 g/mol. The third kappa shape index (κ3) is 6.50. The molecule has 0 radical (unpaired) electrons. The highest BCUT2D eigenvalue weighted by Crippen LogP contribution is 2.18. The largest absolute Gasteiger partial charge is 0.249 e. The van der Waals surface area contributed by atoms with E-state index in [0.29, 0.717) is 0 Å². The first kappa shape index (κ1) is 19.9. The van der Waals surface area contributed by atoms with Crippen LogP contribution in [0.4, 0.5) is 0 Å². The SMILES string of the molecule is CCC=C=CCc1ccc(S(=O)c2ccc(CC=C=CCC)cc2)cc1. The van der Waals surface area contributed by atoms with Crippen molar-refractivity contribution in [3.8, 4) is 0 Å². The fraction of sp³-hybridized carbons (Fsp3) is 0.250. The van der Waals surface area contributed by atoms with Crippen LogP contribution in [0.3, 0.4) is 0 Å². The average molecular weight is 363 g/mol. The van der Waals surface area contributed by atoms with Crippen molar-refractivity contribution >= 4 is 10.8 Å². The first-order valence-electron chi connectivity index (χ1n) is 9.13. The standard InChI is InChI=1S/C24H26OS/c1-3-5-7-9-11-21-13-17-23(18-14-21)26(25)24-19-15-22(16-20-24)12-10-8-6-4-2/h5-6,9-10,13-20H,3-4,11-12H2,1-2H3. The summed E-state index contributed by atoms with van der Waals surface area (Å²) in [5, 5.41) is 0. The Morgan fingerprint density at radius 2 is 1.08 bits per heavy atom. The van der Waals surface area contributed by atoms with Gasteiger partial charge in [-0.25, -0.2) is 4.21 Å². The molecule has 0 unspecified atom stereocenters. The summed E-state index contributed by atoms with van der Waals surface area (Å²) in [7, 11) is -1.14. The van der Waals surface area contributed by atoms with Crippen LogP contribution in [0.5, 0.6) is 0 Å². The monoisotopic (exact) mass is 362 g/mol. The van der Waals surface area contributed by atoms with Crippen molar-refractivity contribution in [1.82, 2.24) is 0 Å². The van der Waals surface area contributed by atoms with Gasteiger partial charge in [-0.3, -0.25) is 0 Å².